The largest absolute Gasteiger partial charge is 0.343 e. The van der Waals surface area contributed by atoms with Crippen LogP contribution in [0, 0.1) is 5.92 Å². The fourth-order valence-corrected chi connectivity index (χ4v) is 2.74. The van der Waals surface area contributed by atoms with Gasteiger partial charge < -0.3 is 5.32 Å². The van der Waals surface area contributed by atoms with Gasteiger partial charge in [-0.05, 0) is 25.2 Å². The van der Waals surface area contributed by atoms with Crippen molar-refractivity contribution in [3.05, 3.63) is 12.2 Å². The van der Waals surface area contributed by atoms with Gasteiger partial charge >= 0.3 is 0 Å². The third-order valence-electron chi connectivity index (χ3n) is 3.55. The molecule has 1 N–H and O–H groups in total. The summed E-state index contributed by atoms with van der Waals surface area (Å²) in [4.78, 5) is 23.2. The van der Waals surface area contributed by atoms with Gasteiger partial charge in [-0.15, -0.1) is 0 Å². The normalized spacial score (nSPS) is 34.9. The molecule has 2 atom stereocenters. The van der Waals surface area contributed by atoms with E-state index in [1.165, 1.54) is 0 Å². The molecule has 0 bridgehead atoms. The monoisotopic (exact) mass is 207 g/mol. The number of nitrogens with one attached hydrogen (secondary N) is 1. The number of rotatable bonds is 3. The van der Waals surface area contributed by atoms with Crippen molar-refractivity contribution in [3.8, 4) is 0 Å². The topological polar surface area (TPSA) is 46.2 Å². The maximum Gasteiger partial charge on any atom is 0.221 e. The summed E-state index contributed by atoms with van der Waals surface area (Å²) in [5.41, 5.74) is -0.539. The SMILES string of the molecule is CC/C=C\CC12NC(=O)C[C@@H]1CCC2=O. The summed E-state index contributed by atoms with van der Waals surface area (Å²) in [6.45, 7) is 2.06. The number of hydrogen-bond donors (Lipinski definition) is 1. The van der Waals surface area contributed by atoms with Gasteiger partial charge in [-0.1, -0.05) is 19.1 Å². The van der Waals surface area contributed by atoms with Crippen molar-refractivity contribution in [2.45, 2.75) is 44.6 Å². The predicted molar refractivity (Wildman–Crippen MR) is 57.3 cm³/mol. The van der Waals surface area contributed by atoms with E-state index >= 15 is 0 Å². The molecule has 0 aromatic carbocycles. The van der Waals surface area contributed by atoms with Gasteiger partial charge in [0.1, 0.15) is 5.54 Å². The van der Waals surface area contributed by atoms with Crippen molar-refractivity contribution in [1.29, 1.82) is 0 Å². The summed E-state index contributed by atoms with van der Waals surface area (Å²) < 4.78 is 0. The van der Waals surface area contributed by atoms with Crippen LogP contribution in [0.1, 0.15) is 39.0 Å². The van der Waals surface area contributed by atoms with E-state index in [-0.39, 0.29) is 17.6 Å². The predicted octanol–water partition coefficient (Wildman–Crippen LogP) is 1.58. The van der Waals surface area contributed by atoms with Crippen LogP contribution in [0.15, 0.2) is 12.2 Å². The molecule has 0 spiro atoms. The number of hydrogen-bond acceptors (Lipinski definition) is 2. The second-order valence-corrected chi connectivity index (χ2v) is 4.47. The zero-order chi connectivity index (χ0) is 10.9. The third kappa shape index (κ3) is 1.60. The van der Waals surface area contributed by atoms with Crippen LogP contribution < -0.4 is 5.32 Å². The quantitative estimate of drug-likeness (QED) is 0.714. The molecule has 2 rings (SSSR count). The number of allylic oxidation sites excluding steroid dienone is 1. The van der Waals surface area contributed by atoms with Gasteiger partial charge in [-0.25, -0.2) is 0 Å². The molecule has 2 fully saturated rings. The van der Waals surface area contributed by atoms with Crippen LogP contribution in [-0.2, 0) is 9.59 Å². The molecule has 1 heterocycles. The van der Waals surface area contributed by atoms with Crippen LogP contribution in [0.5, 0.6) is 0 Å². The van der Waals surface area contributed by atoms with Gasteiger partial charge in [0, 0.05) is 12.8 Å². The number of ketones is 1. The number of amides is 1. The van der Waals surface area contributed by atoms with Crippen LogP contribution in [0.3, 0.4) is 0 Å². The molecule has 0 aromatic heterocycles. The second-order valence-electron chi connectivity index (χ2n) is 4.47. The van der Waals surface area contributed by atoms with E-state index < -0.39 is 5.54 Å². The highest BCUT2D eigenvalue weighted by Gasteiger charge is 2.54. The first-order valence-electron chi connectivity index (χ1n) is 5.68. The Morgan fingerprint density at radius 2 is 2.27 bits per heavy atom. The van der Waals surface area contributed by atoms with E-state index in [9.17, 15) is 9.59 Å². The van der Waals surface area contributed by atoms with E-state index in [1.54, 1.807) is 0 Å². The average molecular weight is 207 g/mol. The summed E-state index contributed by atoms with van der Waals surface area (Å²) >= 11 is 0. The molecule has 1 amide bonds. The van der Waals surface area contributed by atoms with E-state index in [0.717, 1.165) is 12.8 Å². The Balaban J connectivity index is 2.17. The van der Waals surface area contributed by atoms with E-state index in [1.807, 2.05) is 6.08 Å². The van der Waals surface area contributed by atoms with Crippen molar-refractivity contribution < 1.29 is 9.59 Å². The summed E-state index contributed by atoms with van der Waals surface area (Å²) in [6.07, 6.45) is 7.77. The Kier molecular flexibility index (Phi) is 2.63. The minimum absolute atomic E-state index is 0.0398. The first-order chi connectivity index (χ1) is 7.19. The van der Waals surface area contributed by atoms with Gasteiger partial charge in [-0.2, -0.15) is 0 Å². The van der Waals surface area contributed by atoms with Crippen molar-refractivity contribution in [3.63, 3.8) is 0 Å². The fourth-order valence-electron chi connectivity index (χ4n) is 2.74. The van der Waals surface area contributed by atoms with Crippen molar-refractivity contribution in [2.75, 3.05) is 0 Å². The number of fused-ring (bicyclic) bond motifs is 1. The van der Waals surface area contributed by atoms with E-state index in [0.29, 0.717) is 19.3 Å². The maximum absolute atomic E-state index is 11.9. The van der Waals surface area contributed by atoms with Crippen molar-refractivity contribution >= 4 is 11.7 Å². The van der Waals surface area contributed by atoms with Crippen LogP contribution in [0.4, 0.5) is 0 Å². The summed E-state index contributed by atoms with van der Waals surface area (Å²) in [6, 6.07) is 0. The fraction of sp³-hybridized carbons (Fsp3) is 0.667. The highest BCUT2D eigenvalue weighted by Crippen LogP contribution is 2.41. The molecule has 2 aliphatic rings. The Bertz CT molecular complexity index is 322. The molecule has 1 aliphatic heterocycles. The first-order valence-corrected chi connectivity index (χ1v) is 5.68. The standard InChI is InChI=1S/C12H17NO2/c1-2-3-4-7-12-9(5-6-10(12)14)8-11(15)13-12/h3-4,9H,2,5-8H2,1H3,(H,13,15)/b4-3-/t9-,12?/m0/s1. The molecule has 0 radical (unpaired) electrons. The first kappa shape index (κ1) is 10.4. The van der Waals surface area contributed by atoms with Crippen LogP contribution in [0.2, 0.25) is 0 Å². The summed E-state index contributed by atoms with van der Waals surface area (Å²) in [5, 5.41) is 2.90. The Hall–Kier alpha value is -1.12. The zero-order valence-electron chi connectivity index (χ0n) is 9.08. The van der Waals surface area contributed by atoms with E-state index in [4.69, 9.17) is 0 Å². The van der Waals surface area contributed by atoms with Crippen molar-refractivity contribution in [2.24, 2.45) is 5.92 Å². The van der Waals surface area contributed by atoms with Crippen molar-refractivity contribution in [1.82, 2.24) is 5.32 Å². The highest BCUT2D eigenvalue weighted by molar-refractivity contribution is 5.98. The van der Waals surface area contributed by atoms with Gasteiger partial charge in [0.25, 0.3) is 0 Å². The van der Waals surface area contributed by atoms with Crippen LogP contribution >= 0.6 is 0 Å². The average Bonchev–Trinajstić information content (AvgIpc) is 2.65. The third-order valence-corrected chi connectivity index (χ3v) is 3.55. The Labute approximate surface area is 89.9 Å². The summed E-state index contributed by atoms with van der Waals surface area (Å²) in [5.74, 6) is 0.496. The molecule has 3 heteroatoms. The lowest BCUT2D eigenvalue weighted by Gasteiger charge is -2.25. The molecular formula is C12H17NO2. The highest BCUT2D eigenvalue weighted by atomic mass is 16.2. The lowest BCUT2D eigenvalue weighted by Crippen LogP contribution is -2.48. The van der Waals surface area contributed by atoms with Gasteiger partial charge in [0.15, 0.2) is 5.78 Å². The zero-order valence-corrected chi connectivity index (χ0v) is 9.08. The lowest BCUT2D eigenvalue weighted by atomic mass is 9.85. The van der Waals surface area contributed by atoms with Gasteiger partial charge in [0.2, 0.25) is 5.91 Å². The number of Topliss-reactive ketones (excluding diaryl/α,β-unsaturated/α-hetero) is 1. The number of carbonyl (C=O) groups is 2. The van der Waals surface area contributed by atoms with Gasteiger partial charge in [0.05, 0.1) is 0 Å². The summed E-state index contributed by atoms with van der Waals surface area (Å²) in [7, 11) is 0. The maximum atomic E-state index is 11.9. The molecule has 1 unspecified atom stereocenters. The molecule has 3 nitrogen and oxygen atoms in total. The molecule has 0 aromatic rings. The molecular weight excluding hydrogens is 190 g/mol. The van der Waals surface area contributed by atoms with Crippen LogP contribution in [-0.4, -0.2) is 17.2 Å². The molecule has 15 heavy (non-hydrogen) atoms. The lowest BCUT2D eigenvalue weighted by molar-refractivity contribution is -0.127. The molecule has 1 aliphatic carbocycles. The molecule has 82 valence electrons. The second kappa shape index (κ2) is 3.80. The minimum atomic E-state index is -0.539. The van der Waals surface area contributed by atoms with E-state index in [2.05, 4.69) is 18.3 Å². The smallest absolute Gasteiger partial charge is 0.221 e. The molecule has 1 saturated carbocycles. The van der Waals surface area contributed by atoms with Crippen LogP contribution in [0.25, 0.3) is 0 Å². The number of carbonyl (C=O) groups excluding carboxylic acids is 2. The Morgan fingerprint density at radius 1 is 1.47 bits per heavy atom. The van der Waals surface area contributed by atoms with Gasteiger partial charge in [-0.3, -0.25) is 9.59 Å². The Morgan fingerprint density at radius 3 is 3.00 bits per heavy atom. The minimum Gasteiger partial charge on any atom is -0.343 e. The molecule has 1 saturated heterocycles.